The van der Waals surface area contributed by atoms with E-state index >= 15 is 0 Å². The predicted molar refractivity (Wildman–Crippen MR) is 93.5 cm³/mol. The summed E-state index contributed by atoms with van der Waals surface area (Å²) in [6.07, 6.45) is 2.74. The number of rotatable bonds is 5. The van der Waals surface area contributed by atoms with Crippen LogP contribution in [0.5, 0.6) is 0 Å². The van der Waals surface area contributed by atoms with Gasteiger partial charge >= 0.3 is 0 Å². The Labute approximate surface area is 146 Å². The smallest absolute Gasteiger partial charge is 0.233 e. The molecule has 1 aromatic carbocycles. The lowest BCUT2D eigenvalue weighted by atomic mass is 10.1. The Bertz CT molecular complexity index is 703. The summed E-state index contributed by atoms with van der Waals surface area (Å²) >= 11 is 1.43. The average molecular weight is 346 g/mol. The van der Waals surface area contributed by atoms with Crippen molar-refractivity contribution >= 4 is 17.7 Å². The quantitative estimate of drug-likeness (QED) is 0.777. The van der Waals surface area contributed by atoms with Crippen LogP contribution in [0.15, 0.2) is 35.7 Å². The monoisotopic (exact) mass is 346 g/mol. The Hall–Kier alpha value is -1.86. The summed E-state index contributed by atoms with van der Waals surface area (Å²) in [6, 6.07) is 8.19. The van der Waals surface area contributed by atoms with E-state index in [1.54, 1.807) is 6.33 Å². The second kappa shape index (κ2) is 7.81. The van der Waals surface area contributed by atoms with Gasteiger partial charge in [-0.3, -0.25) is 9.36 Å². The van der Waals surface area contributed by atoms with Crippen LogP contribution in [-0.4, -0.2) is 57.1 Å². The van der Waals surface area contributed by atoms with E-state index in [-0.39, 0.29) is 12.0 Å². The van der Waals surface area contributed by atoms with Crippen molar-refractivity contribution in [2.24, 2.45) is 0 Å². The van der Waals surface area contributed by atoms with E-state index in [2.05, 4.69) is 29.3 Å². The van der Waals surface area contributed by atoms with Gasteiger partial charge in [0.2, 0.25) is 5.91 Å². The number of thioether (sulfide) groups is 1. The topological polar surface area (TPSA) is 60.2 Å². The standard InChI is InChI=1S/C17H22N4O2S/c1-3-14-6-4-5-7-15(14)21-12-18-19-17(21)24-11-16(22)20-8-9-23-13(2)10-20/h4-7,12-13H,3,8-11H2,1-2H3. The predicted octanol–water partition coefficient (Wildman–Crippen LogP) is 2.17. The number of hydrogen-bond donors (Lipinski definition) is 0. The Morgan fingerprint density at radius 2 is 2.25 bits per heavy atom. The van der Waals surface area contributed by atoms with E-state index in [1.807, 2.05) is 28.5 Å². The van der Waals surface area contributed by atoms with Crippen molar-refractivity contribution in [2.45, 2.75) is 31.5 Å². The molecule has 1 saturated heterocycles. The fourth-order valence-electron chi connectivity index (χ4n) is 2.80. The van der Waals surface area contributed by atoms with Gasteiger partial charge in [-0.2, -0.15) is 0 Å². The number of benzene rings is 1. The van der Waals surface area contributed by atoms with Gasteiger partial charge in [0.1, 0.15) is 6.33 Å². The van der Waals surface area contributed by atoms with Crippen molar-refractivity contribution in [2.75, 3.05) is 25.4 Å². The Morgan fingerprint density at radius 3 is 3.04 bits per heavy atom. The summed E-state index contributed by atoms with van der Waals surface area (Å²) in [5, 5.41) is 8.95. The van der Waals surface area contributed by atoms with Crippen molar-refractivity contribution < 1.29 is 9.53 Å². The number of aromatic nitrogens is 3. The molecule has 0 radical (unpaired) electrons. The highest BCUT2D eigenvalue weighted by Crippen LogP contribution is 2.23. The number of amides is 1. The first kappa shape index (κ1) is 17.0. The number of para-hydroxylation sites is 1. The summed E-state index contributed by atoms with van der Waals surface area (Å²) in [4.78, 5) is 14.3. The largest absolute Gasteiger partial charge is 0.375 e. The second-order valence-corrected chi connectivity index (χ2v) is 6.72. The fraction of sp³-hybridized carbons (Fsp3) is 0.471. The van der Waals surface area contributed by atoms with Gasteiger partial charge in [-0.05, 0) is 25.0 Å². The first-order valence-corrected chi connectivity index (χ1v) is 9.18. The highest BCUT2D eigenvalue weighted by atomic mass is 32.2. The third-order valence-electron chi connectivity index (χ3n) is 4.07. The van der Waals surface area contributed by atoms with Crippen LogP contribution in [0.1, 0.15) is 19.4 Å². The molecule has 0 spiro atoms. The molecule has 1 unspecified atom stereocenters. The summed E-state index contributed by atoms with van der Waals surface area (Å²) in [6.45, 7) is 6.04. The van der Waals surface area contributed by atoms with Crippen molar-refractivity contribution in [3.05, 3.63) is 36.2 Å². The van der Waals surface area contributed by atoms with Gasteiger partial charge in [0.15, 0.2) is 5.16 Å². The van der Waals surface area contributed by atoms with Crippen LogP contribution in [0.2, 0.25) is 0 Å². The van der Waals surface area contributed by atoms with E-state index in [9.17, 15) is 4.79 Å². The van der Waals surface area contributed by atoms with Crippen molar-refractivity contribution in [3.63, 3.8) is 0 Å². The first-order valence-electron chi connectivity index (χ1n) is 8.19. The van der Waals surface area contributed by atoms with Crippen LogP contribution in [0, 0.1) is 0 Å². The third kappa shape index (κ3) is 3.79. The third-order valence-corrected chi connectivity index (χ3v) is 4.99. The van der Waals surface area contributed by atoms with Crippen molar-refractivity contribution in [3.8, 4) is 5.69 Å². The molecule has 1 aliphatic heterocycles. The average Bonchev–Trinajstić information content (AvgIpc) is 3.08. The molecule has 2 heterocycles. The maximum atomic E-state index is 12.4. The molecule has 1 amide bonds. The van der Waals surface area contributed by atoms with Gasteiger partial charge in [-0.1, -0.05) is 36.9 Å². The number of aryl methyl sites for hydroxylation is 1. The molecular formula is C17H22N4O2S. The van der Waals surface area contributed by atoms with Crippen LogP contribution in [0.3, 0.4) is 0 Å². The number of ether oxygens (including phenoxy) is 1. The minimum Gasteiger partial charge on any atom is -0.375 e. The minimum atomic E-state index is 0.104. The zero-order valence-electron chi connectivity index (χ0n) is 14.0. The molecule has 0 saturated carbocycles. The molecule has 0 bridgehead atoms. The van der Waals surface area contributed by atoms with Crippen LogP contribution in [0.25, 0.3) is 5.69 Å². The molecule has 1 aliphatic rings. The lowest BCUT2D eigenvalue weighted by molar-refractivity contribution is -0.135. The summed E-state index contributed by atoms with van der Waals surface area (Å²) < 4.78 is 7.44. The molecule has 1 aromatic heterocycles. The highest BCUT2D eigenvalue weighted by molar-refractivity contribution is 7.99. The molecule has 1 atom stereocenters. The van der Waals surface area contributed by atoms with E-state index in [0.717, 1.165) is 17.3 Å². The van der Waals surface area contributed by atoms with Gasteiger partial charge < -0.3 is 9.64 Å². The lowest BCUT2D eigenvalue weighted by Crippen LogP contribution is -2.45. The van der Waals surface area contributed by atoms with Gasteiger partial charge in [0.05, 0.1) is 24.2 Å². The van der Waals surface area contributed by atoms with Crippen molar-refractivity contribution in [1.29, 1.82) is 0 Å². The van der Waals surface area contributed by atoms with Crippen LogP contribution in [0.4, 0.5) is 0 Å². The molecule has 1 fully saturated rings. The maximum Gasteiger partial charge on any atom is 0.233 e. The molecule has 7 heteroatoms. The number of hydrogen-bond acceptors (Lipinski definition) is 5. The molecule has 128 valence electrons. The van der Waals surface area contributed by atoms with E-state index < -0.39 is 0 Å². The number of nitrogens with zero attached hydrogens (tertiary/aromatic N) is 4. The second-order valence-electron chi connectivity index (χ2n) is 5.78. The van der Waals surface area contributed by atoms with E-state index in [1.165, 1.54) is 17.3 Å². The maximum absolute atomic E-state index is 12.4. The summed E-state index contributed by atoms with van der Waals surface area (Å²) in [5.74, 6) is 0.480. The minimum absolute atomic E-state index is 0.104. The molecule has 6 nitrogen and oxygen atoms in total. The summed E-state index contributed by atoms with van der Waals surface area (Å²) in [7, 11) is 0. The first-order chi connectivity index (χ1) is 11.7. The zero-order chi connectivity index (χ0) is 16.9. The molecule has 2 aromatic rings. The van der Waals surface area contributed by atoms with Crippen LogP contribution < -0.4 is 0 Å². The SMILES string of the molecule is CCc1ccccc1-n1cnnc1SCC(=O)N1CCOC(C)C1. The van der Waals surface area contributed by atoms with Crippen LogP contribution >= 0.6 is 11.8 Å². The van der Waals surface area contributed by atoms with Gasteiger partial charge in [-0.25, -0.2) is 0 Å². The Morgan fingerprint density at radius 1 is 1.42 bits per heavy atom. The van der Waals surface area contributed by atoms with E-state index in [4.69, 9.17) is 4.74 Å². The Kier molecular flexibility index (Phi) is 5.52. The van der Waals surface area contributed by atoms with Gasteiger partial charge in [0, 0.05) is 13.1 Å². The normalized spacial score (nSPS) is 17.9. The zero-order valence-corrected chi connectivity index (χ0v) is 14.8. The number of carbonyl (C=O) groups is 1. The molecule has 0 N–H and O–H groups in total. The molecule has 24 heavy (non-hydrogen) atoms. The van der Waals surface area contributed by atoms with Crippen molar-refractivity contribution in [1.82, 2.24) is 19.7 Å². The van der Waals surface area contributed by atoms with E-state index in [0.29, 0.717) is 25.4 Å². The Balaban J connectivity index is 1.69. The number of morpholine rings is 1. The fourth-order valence-corrected chi connectivity index (χ4v) is 3.62. The van der Waals surface area contributed by atoms with Gasteiger partial charge in [0.25, 0.3) is 0 Å². The summed E-state index contributed by atoms with van der Waals surface area (Å²) in [5.41, 5.74) is 2.30. The lowest BCUT2D eigenvalue weighted by Gasteiger charge is -2.31. The van der Waals surface area contributed by atoms with Crippen LogP contribution in [-0.2, 0) is 16.0 Å². The molecule has 3 rings (SSSR count). The molecular weight excluding hydrogens is 324 g/mol. The number of carbonyl (C=O) groups excluding carboxylic acids is 1. The molecule has 0 aliphatic carbocycles. The van der Waals surface area contributed by atoms with Gasteiger partial charge in [-0.15, -0.1) is 10.2 Å². The highest BCUT2D eigenvalue weighted by Gasteiger charge is 2.22.